The Hall–Kier alpha value is -1.15. The zero-order valence-corrected chi connectivity index (χ0v) is 15.4. The predicted octanol–water partition coefficient (Wildman–Crippen LogP) is 1.89. The van der Waals surface area contributed by atoms with Gasteiger partial charge in [-0.25, -0.2) is 8.42 Å². The van der Waals surface area contributed by atoms with Gasteiger partial charge in [-0.2, -0.15) is 4.72 Å². The van der Waals surface area contributed by atoms with Crippen LogP contribution in [0.3, 0.4) is 0 Å². The Labute approximate surface area is 148 Å². The zero-order chi connectivity index (χ0) is 17.7. The Morgan fingerprint density at radius 3 is 2.58 bits per heavy atom. The molecule has 1 heterocycles. The molecule has 1 aliphatic heterocycles. The largest absolute Gasteiger partial charge is 0.378 e. The normalized spacial score (nSPS) is 17.1. The van der Waals surface area contributed by atoms with Crippen molar-refractivity contribution in [3.8, 4) is 0 Å². The van der Waals surface area contributed by atoms with Crippen molar-refractivity contribution in [2.75, 3.05) is 26.3 Å². The van der Waals surface area contributed by atoms with Gasteiger partial charge in [-0.05, 0) is 30.5 Å². The first-order chi connectivity index (χ1) is 11.3. The molecule has 24 heavy (non-hydrogen) atoms. The molecule has 0 aromatic heterocycles. The average Bonchev–Trinajstić information content (AvgIpc) is 2.54. The molecular weight excluding hydrogens is 352 g/mol. The minimum Gasteiger partial charge on any atom is -0.378 e. The highest BCUT2D eigenvalue weighted by Gasteiger charge is 2.30. The second-order valence-electron chi connectivity index (χ2n) is 6.20. The van der Waals surface area contributed by atoms with Crippen molar-refractivity contribution in [1.82, 2.24) is 9.62 Å². The van der Waals surface area contributed by atoms with Crippen LogP contribution in [0.15, 0.2) is 29.2 Å². The monoisotopic (exact) mass is 374 g/mol. The standard InChI is InChI=1S/C16H23ClN2O4S/c1-12(2)10-15(16(20)19-6-8-23-9-7-19)18-24(21,22)14-5-3-4-13(17)11-14/h3-5,11-12,15,18H,6-10H2,1-2H3/t15-/m1/s1. The summed E-state index contributed by atoms with van der Waals surface area (Å²) in [6, 6.07) is 5.20. The van der Waals surface area contributed by atoms with Crippen molar-refractivity contribution in [3.05, 3.63) is 29.3 Å². The molecule has 1 aromatic carbocycles. The van der Waals surface area contributed by atoms with E-state index >= 15 is 0 Å². The van der Waals surface area contributed by atoms with Crippen molar-refractivity contribution in [2.45, 2.75) is 31.2 Å². The molecule has 0 saturated carbocycles. The van der Waals surface area contributed by atoms with Gasteiger partial charge in [0.25, 0.3) is 0 Å². The first-order valence-corrected chi connectivity index (χ1v) is 9.80. The lowest BCUT2D eigenvalue weighted by Crippen LogP contribution is -2.52. The Balaban J connectivity index is 2.19. The molecule has 0 bridgehead atoms. The molecule has 6 nitrogen and oxygen atoms in total. The van der Waals surface area contributed by atoms with Crippen LogP contribution in [0.5, 0.6) is 0 Å². The van der Waals surface area contributed by atoms with E-state index in [0.29, 0.717) is 37.7 Å². The van der Waals surface area contributed by atoms with Gasteiger partial charge in [0.1, 0.15) is 6.04 Å². The number of carbonyl (C=O) groups excluding carboxylic acids is 1. The van der Waals surface area contributed by atoms with Crippen LogP contribution < -0.4 is 4.72 Å². The first-order valence-electron chi connectivity index (χ1n) is 7.94. The van der Waals surface area contributed by atoms with E-state index in [9.17, 15) is 13.2 Å². The molecule has 1 N–H and O–H groups in total. The Morgan fingerprint density at radius 1 is 1.33 bits per heavy atom. The van der Waals surface area contributed by atoms with Crippen LogP contribution in [0.4, 0.5) is 0 Å². The highest BCUT2D eigenvalue weighted by Crippen LogP contribution is 2.18. The second-order valence-corrected chi connectivity index (χ2v) is 8.35. The van der Waals surface area contributed by atoms with Gasteiger partial charge in [-0.1, -0.05) is 31.5 Å². The zero-order valence-electron chi connectivity index (χ0n) is 13.9. The van der Waals surface area contributed by atoms with Crippen molar-refractivity contribution in [3.63, 3.8) is 0 Å². The van der Waals surface area contributed by atoms with E-state index in [0.717, 1.165) is 0 Å². The Morgan fingerprint density at radius 2 is 2.00 bits per heavy atom. The quantitative estimate of drug-likeness (QED) is 0.825. The summed E-state index contributed by atoms with van der Waals surface area (Å²) in [4.78, 5) is 14.4. The van der Waals surface area contributed by atoms with Gasteiger partial charge in [0.05, 0.1) is 18.1 Å². The molecule has 2 rings (SSSR count). The highest BCUT2D eigenvalue weighted by molar-refractivity contribution is 7.89. The van der Waals surface area contributed by atoms with Gasteiger partial charge < -0.3 is 9.64 Å². The number of hydrogen-bond acceptors (Lipinski definition) is 4. The van der Waals surface area contributed by atoms with Crippen molar-refractivity contribution in [2.24, 2.45) is 5.92 Å². The number of nitrogens with one attached hydrogen (secondary N) is 1. The van der Waals surface area contributed by atoms with Crippen LogP contribution in [0.2, 0.25) is 5.02 Å². The Bertz CT molecular complexity index is 672. The molecule has 0 spiro atoms. The van der Waals surface area contributed by atoms with E-state index in [-0.39, 0.29) is 16.7 Å². The van der Waals surface area contributed by atoms with Crippen LogP contribution in [0.25, 0.3) is 0 Å². The van der Waals surface area contributed by atoms with Crippen LogP contribution in [0, 0.1) is 5.92 Å². The lowest BCUT2D eigenvalue weighted by molar-refractivity contribution is -0.137. The van der Waals surface area contributed by atoms with Gasteiger partial charge in [-0.3, -0.25) is 4.79 Å². The molecule has 1 aromatic rings. The molecule has 0 unspecified atom stereocenters. The third kappa shape index (κ3) is 5.17. The number of hydrogen-bond donors (Lipinski definition) is 1. The molecular formula is C16H23ClN2O4S. The number of ether oxygens (including phenoxy) is 1. The third-order valence-corrected chi connectivity index (χ3v) is 5.44. The highest BCUT2D eigenvalue weighted by atomic mass is 35.5. The molecule has 1 aliphatic rings. The summed E-state index contributed by atoms with van der Waals surface area (Å²) in [6.45, 7) is 5.81. The summed E-state index contributed by atoms with van der Waals surface area (Å²) in [5, 5.41) is 0.331. The van der Waals surface area contributed by atoms with E-state index in [1.165, 1.54) is 12.1 Å². The number of nitrogens with zero attached hydrogens (tertiary/aromatic N) is 1. The number of morpholine rings is 1. The molecule has 1 fully saturated rings. The maximum atomic E-state index is 12.7. The average molecular weight is 375 g/mol. The number of amides is 1. The van der Waals surface area contributed by atoms with Gasteiger partial charge in [0.15, 0.2) is 0 Å². The number of benzene rings is 1. The summed E-state index contributed by atoms with van der Waals surface area (Å²) in [7, 11) is -3.82. The maximum absolute atomic E-state index is 12.7. The number of rotatable bonds is 6. The Kier molecular flexibility index (Phi) is 6.62. The summed E-state index contributed by atoms with van der Waals surface area (Å²) in [5.41, 5.74) is 0. The molecule has 1 amide bonds. The SMILES string of the molecule is CC(C)C[C@@H](NS(=O)(=O)c1cccc(Cl)c1)C(=O)N1CCOCC1. The summed E-state index contributed by atoms with van der Waals surface area (Å²) in [5.74, 6) is -0.0420. The smallest absolute Gasteiger partial charge is 0.241 e. The number of sulfonamides is 1. The van der Waals surface area contributed by atoms with Crippen molar-refractivity contribution in [1.29, 1.82) is 0 Å². The number of halogens is 1. The van der Waals surface area contributed by atoms with E-state index in [1.807, 2.05) is 13.8 Å². The van der Waals surface area contributed by atoms with Crippen LogP contribution in [-0.4, -0.2) is 51.6 Å². The molecule has 0 radical (unpaired) electrons. The van der Waals surface area contributed by atoms with Crippen LogP contribution >= 0.6 is 11.6 Å². The van der Waals surface area contributed by atoms with E-state index in [1.54, 1.807) is 17.0 Å². The fourth-order valence-electron chi connectivity index (χ4n) is 2.56. The first kappa shape index (κ1) is 19.2. The maximum Gasteiger partial charge on any atom is 0.241 e. The lowest BCUT2D eigenvalue weighted by Gasteiger charge is -2.31. The van der Waals surface area contributed by atoms with E-state index in [2.05, 4.69) is 4.72 Å². The van der Waals surface area contributed by atoms with Crippen molar-refractivity contribution >= 4 is 27.5 Å². The van der Waals surface area contributed by atoms with Gasteiger partial charge in [0.2, 0.25) is 15.9 Å². The predicted molar refractivity (Wildman–Crippen MR) is 92.4 cm³/mol. The fraction of sp³-hybridized carbons (Fsp3) is 0.562. The summed E-state index contributed by atoms with van der Waals surface area (Å²) in [6.07, 6.45) is 0.427. The molecule has 8 heteroatoms. The van der Waals surface area contributed by atoms with E-state index in [4.69, 9.17) is 16.3 Å². The van der Waals surface area contributed by atoms with Crippen LogP contribution in [0.1, 0.15) is 20.3 Å². The summed E-state index contributed by atoms with van der Waals surface area (Å²) >= 11 is 5.87. The third-order valence-electron chi connectivity index (χ3n) is 3.73. The molecule has 1 atom stereocenters. The van der Waals surface area contributed by atoms with Crippen LogP contribution in [-0.2, 0) is 19.6 Å². The molecule has 1 saturated heterocycles. The van der Waals surface area contributed by atoms with Gasteiger partial charge >= 0.3 is 0 Å². The molecule has 134 valence electrons. The van der Waals surface area contributed by atoms with Gasteiger partial charge in [0, 0.05) is 18.1 Å². The minimum absolute atomic E-state index is 0.0542. The van der Waals surface area contributed by atoms with E-state index < -0.39 is 16.1 Å². The van der Waals surface area contributed by atoms with Gasteiger partial charge in [-0.15, -0.1) is 0 Å². The number of carbonyl (C=O) groups is 1. The topological polar surface area (TPSA) is 75.7 Å². The van der Waals surface area contributed by atoms with Crippen molar-refractivity contribution < 1.29 is 17.9 Å². The second kappa shape index (κ2) is 8.29. The lowest BCUT2D eigenvalue weighted by atomic mass is 10.0. The summed E-state index contributed by atoms with van der Waals surface area (Å²) < 4.78 is 33.0. The molecule has 0 aliphatic carbocycles. The fourth-order valence-corrected chi connectivity index (χ4v) is 4.07. The minimum atomic E-state index is -3.82.